The molecular formula is C11H15N5. The van der Waals surface area contributed by atoms with Crippen LogP contribution in [0.5, 0.6) is 0 Å². The van der Waals surface area contributed by atoms with Crippen molar-refractivity contribution in [1.29, 1.82) is 0 Å². The molecule has 5 heteroatoms. The first-order valence-electron chi connectivity index (χ1n) is 5.18. The first kappa shape index (κ1) is 10.5. The Morgan fingerprint density at radius 3 is 2.69 bits per heavy atom. The molecule has 0 aliphatic rings. The Morgan fingerprint density at radius 2 is 2.06 bits per heavy atom. The van der Waals surface area contributed by atoms with Gasteiger partial charge in [0, 0.05) is 31.4 Å². The van der Waals surface area contributed by atoms with Crippen molar-refractivity contribution in [2.75, 3.05) is 17.6 Å². The molecule has 0 spiro atoms. The lowest BCUT2D eigenvalue weighted by molar-refractivity contribution is 0.788. The molecule has 0 atom stereocenters. The van der Waals surface area contributed by atoms with Crippen LogP contribution in [-0.4, -0.2) is 21.3 Å². The number of nitrogens with zero attached hydrogens (tertiary/aromatic N) is 3. The number of hydrogen-bond donors (Lipinski definition) is 2. The minimum Gasteiger partial charge on any atom is -0.399 e. The molecule has 0 aliphatic heterocycles. The Balaban J connectivity index is 1.84. The monoisotopic (exact) mass is 217 g/mol. The smallest absolute Gasteiger partial charge is 0.134 e. The average Bonchev–Trinajstić information content (AvgIpc) is 2.68. The molecule has 0 saturated heterocycles. The minimum atomic E-state index is 0.777. The fraction of sp³-hybridized carbons (Fsp3) is 0.273. The molecule has 0 bridgehead atoms. The molecule has 1 heterocycles. The average molecular weight is 217 g/mol. The van der Waals surface area contributed by atoms with Crippen LogP contribution in [0.15, 0.2) is 30.6 Å². The van der Waals surface area contributed by atoms with Gasteiger partial charge in [0.15, 0.2) is 0 Å². The van der Waals surface area contributed by atoms with Gasteiger partial charge in [0.05, 0.1) is 0 Å². The second-order valence-corrected chi connectivity index (χ2v) is 3.66. The highest BCUT2D eigenvalue weighted by Crippen LogP contribution is 2.10. The van der Waals surface area contributed by atoms with Gasteiger partial charge in [-0.1, -0.05) is 0 Å². The van der Waals surface area contributed by atoms with Crippen molar-refractivity contribution in [3.8, 4) is 0 Å². The van der Waals surface area contributed by atoms with Gasteiger partial charge in [-0.25, -0.2) is 0 Å². The molecule has 2 aromatic rings. The molecule has 0 saturated carbocycles. The third-order valence-electron chi connectivity index (χ3n) is 2.39. The van der Waals surface area contributed by atoms with Crippen molar-refractivity contribution in [2.45, 2.75) is 6.42 Å². The zero-order valence-corrected chi connectivity index (χ0v) is 9.22. The predicted molar refractivity (Wildman–Crippen MR) is 64.1 cm³/mol. The number of benzene rings is 1. The van der Waals surface area contributed by atoms with Gasteiger partial charge in [0.1, 0.15) is 12.2 Å². The van der Waals surface area contributed by atoms with Crippen LogP contribution in [0.3, 0.4) is 0 Å². The molecule has 1 aromatic heterocycles. The van der Waals surface area contributed by atoms with E-state index in [-0.39, 0.29) is 0 Å². The molecular weight excluding hydrogens is 202 g/mol. The Hall–Kier alpha value is -2.04. The Kier molecular flexibility index (Phi) is 3.05. The molecule has 5 nitrogen and oxygen atoms in total. The number of nitrogen functional groups attached to an aromatic ring is 1. The summed E-state index contributed by atoms with van der Waals surface area (Å²) in [6.07, 6.45) is 2.55. The summed E-state index contributed by atoms with van der Waals surface area (Å²) in [6.45, 7) is 0.830. The standard InChI is InChI=1S/C11H15N5/c1-16-8-14-15-11(16)6-7-13-10-4-2-9(12)3-5-10/h2-5,8,13H,6-7,12H2,1H3. The fourth-order valence-electron chi connectivity index (χ4n) is 1.45. The number of hydrogen-bond acceptors (Lipinski definition) is 4. The Morgan fingerprint density at radius 1 is 1.31 bits per heavy atom. The van der Waals surface area contributed by atoms with Crippen LogP contribution in [0.4, 0.5) is 11.4 Å². The Bertz CT molecular complexity index is 446. The zero-order valence-electron chi connectivity index (χ0n) is 9.22. The summed E-state index contributed by atoms with van der Waals surface area (Å²) in [6, 6.07) is 7.69. The second-order valence-electron chi connectivity index (χ2n) is 3.66. The number of aryl methyl sites for hydroxylation is 1. The van der Waals surface area contributed by atoms with E-state index >= 15 is 0 Å². The summed E-state index contributed by atoms with van der Waals surface area (Å²) in [5, 5.41) is 11.1. The summed E-state index contributed by atoms with van der Waals surface area (Å²) in [7, 11) is 1.94. The van der Waals surface area contributed by atoms with E-state index < -0.39 is 0 Å². The van der Waals surface area contributed by atoms with E-state index in [4.69, 9.17) is 5.73 Å². The normalized spacial score (nSPS) is 10.3. The van der Waals surface area contributed by atoms with Crippen molar-refractivity contribution in [1.82, 2.24) is 14.8 Å². The molecule has 0 fully saturated rings. The topological polar surface area (TPSA) is 68.8 Å². The van der Waals surface area contributed by atoms with Gasteiger partial charge >= 0.3 is 0 Å². The van der Waals surface area contributed by atoms with E-state index in [1.165, 1.54) is 0 Å². The van der Waals surface area contributed by atoms with Crippen molar-refractivity contribution in [3.63, 3.8) is 0 Å². The first-order chi connectivity index (χ1) is 7.75. The number of rotatable bonds is 4. The van der Waals surface area contributed by atoms with Crippen LogP contribution < -0.4 is 11.1 Å². The molecule has 3 N–H and O–H groups in total. The molecule has 0 radical (unpaired) electrons. The highest BCUT2D eigenvalue weighted by atomic mass is 15.2. The van der Waals surface area contributed by atoms with Gasteiger partial charge < -0.3 is 15.6 Å². The second kappa shape index (κ2) is 4.65. The van der Waals surface area contributed by atoms with Gasteiger partial charge in [0.2, 0.25) is 0 Å². The van der Waals surface area contributed by atoms with Crippen molar-refractivity contribution in [3.05, 3.63) is 36.4 Å². The molecule has 16 heavy (non-hydrogen) atoms. The summed E-state index contributed by atoms with van der Waals surface area (Å²) in [4.78, 5) is 0. The molecule has 0 aliphatic carbocycles. The van der Waals surface area contributed by atoms with Crippen molar-refractivity contribution >= 4 is 11.4 Å². The molecule has 2 rings (SSSR count). The lowest BCUT2D eigenvalue weighted by Gasteiger charge is -2.05. The number of aromatic nitrogens is 3. The third-order valence-corrected chi connectivity index (χ3v) is 2.39. The van der Waals surface area contributed by atoms with Crippen LogP contribution in [0, 0.1) is 0 Å². The van der Waals surface area contributed by atoms with E-state index in [2.05, 4.69) is 15.5 Å². The maximum absolute atomic E-state index is 5.60. The lowest BCUT2D eigenvalue weighted by Crippen LogP contribution is -2.08. The Labute approximate surface area is 94.3 Å². The van der Waals surface area contributed by atoms with Gasteiger partial charge in [-0.2, -0.15) is 0 Å². The largest absolute Gasteiger partial charge is 0.399 e. The quantitative estimate of drug-likeness (QED) is 0.751. The van der Waals surface area contributed by atoms with Crippen LogP contribution in [0.25, 0.3) is 0 Å². The lowest BCUT2D eigenvalue weighted by atomic mass is 10.3. The zero-order chi connectivity index (χ0) is 11.4. The minimum absolute atomic E-state index is 0.777. The van der Waals surface area contributed by atoms with Gasteiger partial charge in [0.25, 0.3) is 0 Å². The molecule has 84 valence electrons. The van der Waals surface area contributed by atoms with Crippen LogP contribution in [0.2, 0.25) is 0 Å². The highest BCUT2D eigenvalue weighted by Gasteiger charge is 1.99. The van der Waals surface area contributed by atoms with Gasteiger partial charge in [-0.15, -0.1) is 10.2 Å². The predicted octanol–water partition coefficient (Wildman–Crippen LogP) is 1.05. The van der Waals surface area contributed by atoms with Crippen LogP contribution >= 0.6 is 0 Å². The van der Waals surface area contributed by atoms with E-state index in [9.17, 15) is 0 Å². The summed E-state index contributed by atoms with van der Waals surface area (Å²) < 4.78 is 1.92. The summed E-state index contributed by atoms with van der Waals surface area (Å²) in [5.41, 5.74) is 7.45. The van der Waals surface area contributed by atoms with Gasteiger partial charge in [-0.05, 0) is 24.3 Å². The SMILES string of the molecule is Cn1cnnc1CCNc1ccc(N)cc1. The van der Waals surface area contributed by atoms with Crippen LogP contribution in [-0.2, 0) is 13.5 Å². The maximum Gasteiger partial charge on any atom is 0.134 e. The molecule has 0 unspecified atom stereocenters. The van der Waals surface area contributed by atoms with E-state index in [1.807, 2.05) is 35.9 Å². The third kappa shape index (κ3) is 2.50. The van der Waals surface area contributed by atoms with E-state index in [1.54, 1.807) is 6.33 Å². The fourth-order valence-corrected chi connectivity index (χ4v) is 1.45. The molecule has 0 amide bonds. The highest BCUT2D eigenvalue weighted by molar-refractivity contribution is 5.51. The van der Waals surface area contributed by atoms with Crippen LogP contribution in [0.1, 0.15) is 5.82 Å². The van der Waals surface area contributed by atoms with E-state index in [0.29, 0.717) is 0 Å². The van der Waals surface area contributed by atoms with Gasteiger partial charge in [-0.3, -0.25) is 0 Å². The number of anilines is 2. The maximum atomic E-state index is 5.60. The molecule has 1 aromatic carbocycles. The summed E-state index contributed by atoms with van der Waals surface area (Å²) >= 11 is 0. The van der Waals surface area contributed by atoms with E-state index in [0.717, 1.165) is 30.2 Å². The first-order valence-corrected chi connectivity index (χ1v) is 5.18. The number of nitrogens with one attached hydrogen (secondary N) is 1. The van der Waals surface area contributed by atoms with Crippen molar-refractivity contribution < 1.29 is 0 Å². The summed E-state index contributed by atoms with van der Waals surface area (Å²) in [5.74, 6) is 0.975. The number of nitrogens with two attached hydrogens (primary N) is 1. The van der Waals surface area contributed by atoms with Crippen molar-refractivity contribution in [2.24, 2.45) is 7.05 Å².